The molecule has 0 unspecified atom stereocenters. The maximum absolute atomic E-state index is 12.5. The normalized spacial score (nSPS) is 11.3. The zero-order valence-corrected chi connectivity index (χ0v) is 13.9. The SMILES string of the molecule is CCOC(=O)c1c(C)n(CC)c2c1c(C)c(O)c1ccccc12. The minimum atomic E-state index is -0.333. The summed E-state index contributed by atoms with van der Waals surface area (Å²) in [6.07, 6.45) is 0. The molecule has 0 amide bonds. The molecule has 23 heavy (non-hydrogen) atoms. The van der Waals surface area contributed by atoms with Crippen LogP contribution in [-0.4, -0.2) is 22.2 Å². The summed E-state index contributed by atoms with van der Waals surface area (Å²) in [7, 11) is 0. The summed E-state index contributed by atoms with van der Waals surface area (Å²) in [6, 6.07) is 7.75. The van der Waals surface area contributed by atoms with Crippen molar-refractivity contribution in [2.75, 3.05) is 6.61 Å². The van der Waals surface area contributed by atoms with Crippen LogP contribution in [0.4, 0.5) is 0 Å². The number of hydrogen-bond donors (Lipinski definition) is 1. The van der Waals surface area contributed by atoms with Gasteiger partial charge in [0.1, 0.15) is 5.75 Å². The Balaban J connectivity index is 2.57. The van der Waals surface area contributed by atoms with E-state index in [1.165, 1.54) is 0 Å². The predicted octanol–water partition coefficient (Wildman–Crippen LogP) is 4.31. The molecule has 3 aromatic rings. The molecule has 1 aromatic heterocycles. The van der Waals surface area contributed by atoms with Crippen LogP contribution >= 0.6 is 0 Å². The van der Waals surface area contributed by atoms with Crippen LogP contribution in [-0.2, 0) is 11.3 Å². The van der Waals surface area contributed by atoms with Crippen LogP contribution in [0.3, 0.4) is 0 Å². The van der Waals surface area contributed by atoms with Gasteiger partial charge < -0.3 is 14.4 Å². The fourth-order valence-corrected chi connectivity index (χ4v) is 3.45. The number of aromatic hydroxyl groups is 1. The number of carbonyl (C=O) groups excluding carboxylic acids is 1. The molecule has 1 heterocycles. The molecule has 0 fully saturated rings. The first kappa shape index (κ1) is 15.4. The predicted molar refractivity (Wildman–Crippen MR) is 92.2 cm³/mol. The lowest BCUT2D eigenvalue weighted by molar-refractivity contribution is 0.0527. The minimum Gasteiger partial charge on any atom is -0.507 e. The number of ether oxygens (including phenoxy) is 1. The lowest BCUT2D eigenvalue weighted by Gasteiger charge is -2.11. The highest BCUT2D eigenvalue weighted by molar-refractivity contribution is 6.17. The Morgan fingerprint density at radius 3 is 2.43 bits per heavy atom. The van der Waals surface area contributed by atoms with E-state index >= 15 is 0 Å². The smallest absolute Gasteiger partial charge is 0.340 e. The molecule has 0 atom stereocenters. The highest BCUT2D eigenvalue weighted by Gasteiger charge is 2.25. The van der Waals surface area contributed by atoms with Gasteiger partial charge in [-0.05, 0) is 27.7 Å². The molecule has 0 spiro atoms. The first-order chi connectivity index (χ1) is 11.0. The molecule has 0 aliphatic heterocycles. The Labute approximate surface area is 135 Å². The quantitative estimate of drug-likeness (QED) is 0.733. The molecule has 3 rings (SSSR count). The van der Waals surface area contributed by atoms with E-state index in [-0.39, 0.29) is 11.7 Å². The van der Waals surface area contributed by atoms with Gasteiger partial charge in [0.2, 0.25) is 0 Å². The zero-order valence-electron chi connectivity index (χ0n) is 13.9. The molecule has 4 heteroatoms. The number of phenols is 1. The summed E-state index contributed by atoms with van der Waals surface area (Å²) in [5.41, 5.74) is 3.14. The molecule has 2 aromatic carbocycles. The Hall–Kier alpha value is -2.49. The number of aryl methyl sites for hydroxylation is 2. The molecule has 0 radical (unpaired) electrons. The average Bonchev–Trinajstić information content (AvgIpc) is 2.85. The molecule has 1 N–H and O–H groups in total. The lowest BCUT2D eigenvalue weighted by Crippen LogP contribution is -2.07. The number of fused-ring (bicyclic) bond motifs is 3. The second-order valence-corrected chi connectivity index (χ2v) is 5.67. The monoisotopic (exact) mass is 311 g/mol. The number of aromatic nitrogens is 1. The second kappa shape index (κ2) is 5.61. The third-order valence-electron chi connectivity index (χ3n) is 4.49. The number of hydrogen-bond acceptors (Lipinski definition) is 3. The summed E-state index contributed by atoms with van der Waals surface area (Å²) in [5.74, 6) is -0.105. The van der Waals surface area contributed by atoms with Crippen molar-refractivity contribution in [1.82, 2.24) is 4.57 Å². The van der Waals surface area contributed by atoms with Gasteiger partial charge in [-0.15, -0.1) is 0 Å². The first-order valence-corrected chi connectivity index (χ1v) is 7.93. The van der Waals surface area contributed by atoms with Crippen molar-refractivity contribution in [3.63, 3.8) is 0 Å². The summed E-state index contributed by atoms with van der Waals surface area (Å²) in [6.45, 7) is 8.71. The van der Waals surface area contributed by atoms with Gasteiger partial charge in [0.15, 0.2) is 0 Å². The standard InChI is InChI=1S/C19H21NO3/c1-5-20-12(4)16(19(22)23-6-2)15-11(3)18(21)14-10-8-7-9-13(14)17(15)20/h7-10,21H,5-6H2,1-4H3. The maximum Gasteiger partial charge on any atom is 0.340 e. The van der Waals surface area contributed by atoms with E-state index in [1.807, 2.05) is 38.1 Å². The zero-order chi connectivity index (χ0) is 16.7. The molecule has 0 saturated heterocycles. The summed E-state index contributed by atoms with van der Waals surface area (Å²) in [4.78, 5) is 12.5. The van der Waals surface area contributed by atoms with Crippen molar-refractivity contribution in [3.8, 4) is 5.75 Å². The van der Waals surface area contributed by atoms with Crippen molar-refractivity contribution >= 4 is 27.6 Å². The summed E-state index contributed by atoms with van der Waals surface area (Å²) < 4.78 is 7.37. The molecule has 0 aliphatic rings. The van der Waals surface area contributed by atoms with Crippen molar-refractivity contribution < 1.29 is 14.6 Å². The number of rotatable bonds is 3. The van der Waals surface area contributed by atoms with Crippen LogP contribution in [0, 0.1) is 13.8 Å². The van der Waals surface area contributed by atoms with E-state index in [9.17, 15) is 9.90 Å². The van der Waals surface area contributed by atoms with Crippen molar-refractivity contribution in [2.45, 2.75) is 34.2 Å². The van der Waals surface area contributed by atoms with Gasteiger partial charge in [0.25, 0.3) is 0 Å². The number of carbonyl (C=O) groups is 1. The Bertz CT molecular complexity index is 922. The van der Waals surface area contributed by atoms with E-state index in [0.29, 0.717) is 12.2 Å². The highest BCUT2D eigenvalue weighted by atomic mass is 16.5. The van der Waals surface area contributed by atoms with Gasteiger partial charge in [-0.1, -0.05) is 24.3 Å². The van der Waals surface area contributed by atoms with Gasteiger partial charge in [-0.25, -0.2) is 4.79 Å². The fraction of sp³-hybridized carbons (Fsp3) is 0.316. The molecular weight excluding hydrogens is 290 g/mol. The number of phenolic OH excluding ortho intramolecular Hbond substituents is 1. The Kier molecular flexibility index (Phi) is 3.76. The number of nitrogens with zero attached hydrogens (tertiary/aromatic N) is 1. The van der Waals surface area contributed by atoms with E-state index in [4.69, 9.17) is 4.74 Å². The van der Waals surface area contributed by atoms with Gasteiger partial charge in [-0.2, -0.15) is 0 Å². The van der Waals surface area contributed by atoms with E-state index in [1.54, 1.807) is 6.92 Å². The fourth-order valence-electron chi connectivity index (χ4n) is 3.45. The largest absolute Gasteiger partial charge is 0.507 e. The van der Waals surface area contributed by atoms with Crippen LogP contribution in [0.1, 0.15) is 35.5 Å². The van der Waals surface area contributed by atoms with Crippen molar-refractivity contribution in [1.29, 1.82) is 0 Å². The van der Waals surface area contributed by atoms with Gasteiger partial charge >= 0.3 is 5.97 Å². The van der Waals surface area contributed by atoms with E-state index in [2.05, 4.69) is 11.5 Å². The molecule has 0 bridgehead atoms. The molecule has 0 saturated carbocycles. The Morgan fingerprint density at radius 1 is 1.17 bits per heavy atom. The van der Waals surface area contributed by atoms with Crippen LogP contribution in [0.15, 0.2) is 24.3 Å². The van der Waals surface area contributed by atoms with E-state index < -0.39 is 0 Å². The average molecular weight is 311 g/mol. The van der Waals surface area contributed by atoms with Gasteiger partial charge in [0, 0.05) is 34.0 Å². The minimum absolute atomic E-state index is 0.229. The van der Waals surface area contributed by atoms with E-state index in [0.717, 1.165) is 39.5 Å². The topological polar surface area (TPSA) is 51.5 Å². The summed E-state index contributed by atoms with van der Waals surface area (Å²) in [5, 5.41) is 13.2. The molecule has 0 aliphatic carbocycles. The van der Waals surface area contributed by atoms with Crippen LogP contribution < -0.4 is 0 Å². The summed E-state index contributed by atoms with van der Waals surface area (Å²) >= 11 is 0. The maximum atomic E-state index is 12.5. The van der Waals surface area contributed by atoms with Crippen molar-refractivity contribution in [2.24, 2.45) is 0 Å². The highest BCUT2D eigenvalue weighted by Crippen LogP contribution is 2.40. The van der Waals surface area contributed by atoms with Crippen LogP contribution in [0.2, 0.25) is 0 Å². The third-order valence-corrected chi connectivity index (χ3v) is 4.49. The second-order valence-electron chi connectivity index (χ2n) is 5.67. The molecule has 4 nitrogen and oxygen atoms in total. The van der Waals surface area contributed by atoms with Gasteiger partial charge in [0.05, 0.1) is 17.7 Å². The Morgan fingerprint density at radius 2 is 1.83 bits per heavy atom. The van der Waals surface area contributed by atoms with Crippen LogP contribution in [0.5, 0.6) is 5.75 Å². The number of benzene rings is 2. The molecular formula is C19H21NO3. The van der Waals surface area contributed by atoms with Crippen LogP contribution in [0.25, 0.3) is 21.7 Å². The lowest BCUT2D eigenvalue weighted by atomic mass is 9.98. The molecule has 120 valence electrons. The van der Waals surface area contributed by atoms with Crippen molar-refractivity contribution in [3.05, 3.63) is 41.1 Å². The third kappa shape index (κ3) is 2.09. The number of esters is 1. The first-order valence-electron chi connectivity index (χ1n) is 7.93. The van der Waals surface area contributed by atoms with Gasteiger partial charge in [-0.3, -0.25) is 0 Å².